The van der Waals surface area contributed by atoms with Crippen LogP contribution in [-0.4, -0.2) is 22.8 Å². The number of hydrogen-bond donors (Lipinski definition) is 2. The van der Waals surface area contributed by atoms with Crippen molar-refractivity contribution < 1.29 is 19.4 Å². The van der Waals surface area contributed by atoms with E-state index in [4.69, 9.17) is 9.84 Å². The van der Waals surface area contributed by atoms with E-state index in [9.17, 15) is 9.59 Å². The van der Waals surface area contributed by atoms with Crippen molar-refractivity contribution in [2.45, 2.75) is 32.9 Å². The average Bonchev–Trinajstić information content (AvgIpc) is 2.58. The number of amides is 1. The highest BCUT2D eigenvalue weighted by atomic mass is 16.6. The summed E-state index contributed by atoms with van der Waals surface area (Å²) in [6.07, 6.45) is -0.467. The van der Waals surface area contributed by atoms with Crippen molar-refractivity contribution in [2.75, 3.05) is 0 Å². The standard InChI is InChI=1S/C19H21N3O4/c1-19(2,3)26-18(25)20-12-13-4-8-15(9-5-13)21-22-16-10-6-14(7-11-16)17(23)24/h4-11H,12H2,1-3H3,(H,20,25)(H,23,24). The van der Waals surface area contributed by atoms with Gasteiger partial charge in [-0.1, -0.05) is 12.1 Å². The van der Waals surface area contributed by atoms with Gasteiger partial charge in [0.05, 0.1) is 16.9 Å². The van der Waals surface area contributed by atoms with E-state index in [2.05, 4.69) is 15.5 Å². The number of ether oxygens (including phenoxy) is 1. The lowest BCUT2D eigenvalue weighted by molar-refractivity contribution is 0.0523. The van der Waals surface area contributed by atoms with Gasteiger partial charge in [-0.2, -0.15) is 10.2 Å². The van der Waals surface area contributed by atoms with Gasteiger partial charge in [-0.05, 0) is 62.7 Å². The minimum atomic E-state index is -0.982. The van der Waals surface area contributed by atoms with Crippen LogP contribution in [0, 0.1) is 0 Å². The number of hydrogen-bond acceptors (Lipinski definition) is 5. The number of benzene rings is 2. The molecule has 2 aromatic rings. The van der Waals surface area contributed by atoms with Gasteiger partial charge in [0.2, 0.25) is 0 Å². The Labute approximate surface area is 151 Å². The summed E-state index contributed by atoms with van der Waals surface area (Å²) in [6.45, 7) is 5.77. The van der Waals surface area contributed by atoms with Gasteiger partial charge in [0, 0.05) is 6.54 Å². The number of carbonyl (C=O) groups is 2. The molecular weight excluding hydrogens is 334 g/mol. The van der Waals surface area contributed by atoms with Gasteiger partial charge in [0.15, 0.2) is 0 Å². The molecule has 0 saturated heterocycles. The van der Waals surface area contributed by atoms with Crippen molar-refractivity contribution >= 4 is 23.4 Å². The van der Waals surface area contributed by atoms with Crippen LogP contribution in [-0.2, 0) is 11.3 Å². The van der Waals surface area contributed by atoms with Crippen molar-refractivity contribution in [3.63, 3.8) is 0 Å². The number of carboxylic acid groups (broad SMARTS) is 1. The third kappa shape index (κ3) is 6.35. The van der Waals surface area contributed by atoms with Crippen molar-refractivity contribution in [3.05, 3.63) is 59.7 Å². The first-order valence-electron chi connectivity index (χ1n) is 8.04. The van der Waals surface area contributed by atoms with Gasteiger partial charge in [-0.15, -0.1) is 0 Å². The van der Waals surface area contributed by atoms with E-state index in [0.717, 1.165) is 5.56 Å². The Bertz CT molecular complexity index is 791. The summed E-state index contributed by atoms with van der Waals surface area (Å²) in [5, 5.41) is 19.7. The third-order valence-corrected chi connectivity index (χ3v) is 3.17. The summed E-state index contributed by atoms with van der Waals surface area (Å²) in [6, 6.07) is 13.4. The fourth-order valence-corrected chi connectivity index (χ4v) is 1.96. The molecular formula is C19H21N3O4. The molecule has 0 aromatic heterocycles. The van der Waals surface area contributed by atoms with Gasteiger partial charge >= 0.3 is 12.1 Å². The Morgan fingerprint density at radius 3 is 1.92 bits per heavy atom. The molecule has 1 amide bonds. The number of rotatable bonds is 5. The molecule has 0 saturated carbocycles. The SMILES string of the molecule is CC(C)(C)OC(=O)NCc1ccc(N=Nc2ccc(C(=O)O)cc2)cc1. The maximum Gasteiger partial charge on any atom is 0.407 e. The number of nitrogens with zero attached hydrogens (tertiary/aromatic N) is 2. The van der Waals surface area contributed by atoms with Crippen molar-refractivity contribution in [1.82, 2.24) is 5.32 Å². The van der Waals surface area contributed by atoms with E-state index in [-0.39, 0.29) is 5.56 Å². The van der Waals surface area contributed by atoms with E-state index < -0.39 is 17.7 Å². The van der Waals surface area contributed by atoms with Crippen LogP contribution in [0.1, 0.15) is 36.7 Å². The molecule has 0 unspecified atom stereocenters. The fraction of sp³-hybridized carbons (Fsp3) is 0.263. The second-order valence-electron chi connectivity index (χ2n) is 6.57. The van der Waals surface area contributed by atoms with Crippen LogP contribution in [0.4, 0.5) is 16.2 Å². The molecule has 7 heteroatoms. The van der Waals surface area contributed by atoms with Crippen molar-refractivity contribution in [1.29, 1.82) is 0 Å². The molecule has 0 bridgehead atoms. The first-order valence-corrected chi connectivity index (χ1v) is 8.04. The zero-order valence-electron chi connectivity index (χ0n) is 14.9. The highest BCUT2D eigenvalue weighted by Gasteiger charge is 2.15. The Kier molecular flexibility index (Phi) is 6.06. The van der Waals surface area contributed by atoms with Gasteiger partial charge < -0.3 is 15.2 Å². The van der Waals surface area contributed by atoms with E-state index in [0.29, 0.717) is 17.9 Å². The number of azo groups is 1. The molecule has 0 heterocycles. The Balaban J connectivity index is 1.90. The fourth-order valence-electron chi connectivity index (χ4n) is 1.96. The van der Waals surface area contributed by atoms with E-state index in [1.54, 1.807) is 24.3 Å². The Morgan fingerprint density at radius 2 is 1.46 bits per heavy atom. The molecule has 0 radical (unpaired) electrons. The van der Waals surface area contributed by atoms with Crippen LogP contribution in [0.3, 0.4) is 0 Å². The summed E-state index contributed by atoms with van der Waals surface area (Å²) in [5.41, 5.74) is 1.78. The number of carboxylic acids is 1. The highest BCUT2D eigenvalue weighted by molar-refractivity contribution is 5.87. The van der Waals surface area contributed by atoms with Gasteiger partial charge in [0.1, 0.15) is 5.60 Å². The van der Waals surface area contributed by atoms with Crippen LogP contribution >= 0.6 is 0 Å². The van der Waals surface area contributed by atoms with Gasteiger partial charge in [-0.25, -0.2) is 9.59 Å². The molecule has 2 aromatic carbocycles. The molecule has 26 heavy (non-hydrogen) atoms. The predicted octanol–water partition coefficient (Wildman–Crippen LogP) is 4.82. The number of alkyl carbamates (subject to hydrolysis) is 1. The van der Waals surface area contributed by atoms with Crippen LogP contribution in [0.15, 0.2) is 58.8 Å². The minimum absolute atomic E-state index is 0.200. The largest absolute Gasteiger partial charge is 0.478 e. The van der Waals surface area contributed by atoms with E-state index >= 15 is 0 Å². The summed E-state index contributed by atoms with van der Waals surface area (Å²) >= 11 is 0. The Hall–Kier alpha value is -3.22. The number of carbonyl (C=O) groups excluding carboxylic acids is 1. The lowest BCUT2D eigenvalue weighted by Crippen LogP contribution is -2.32. The smallest absolute Gasteiger partial charge is 0.407 e. The second-order valence-corrected chi connectivity index (χ2v) is 6.57. The third-order valence-electron chi connectivity index (χ3n) is 3.17. The zero-order valence-corrected chi connectivity index (χ0v) is 14.9. The number of nitrogens with one attached hydrogen (secondary N) is 1. The van der Waals surface area contributed by atoms with Crippen LogP contribution in [0.25, 0.3) is 0 Å². The monoisotopic (exact) mass is 355 g/mol. The molecule has 7 nitrogen and oxygen atoms in total. The molecule has 0 atom stereocenters. The molecule has 0 aliphatic heterocycles. The van der Waals surface area contributed by atoms with Crippen LogP contribution in [0.5, 0.6) is 0 Å². The van der Waals surface area contributed by atoms with Gasteiger partial charge in [0.25, 0.3) is 0 Å². The maximum atomic E-state index is 11.6. The quantitative estimate of drug-likeness (QED) is 0.750. The lowest BCUT2D eigenvalue weighted by Gasteiger charge is -2.19. The molecule has 2 N–H and O–H groups in total. The van der Waals surface area contributed by atoms with E-state index in [1.807, 2.05) is 32.9 Å². The average molecular weight is 355 g/mol. The first-order chi connectivity index (χ1) is 12.2. The van der Waals surface area contributed by atoms with Crippen molar-refractivity contribution in [2.24, 2.45) is 10.2 Å². The molecule has 2 rings (SSSR count). The molecule has 0 spiro atoms. The zero-order chi connectivity index (χ0) is 19.2. The van der Waals surface area contributed by atoms with E-state index in [1.165, 1.54) is 12.1 Å². The van der Waals surface area contributed by atoms with Crippen molar-refractivity contribution in [3.8, 4) is 0 Å². The predicted molar refractivity (Wildman–Crippen MR) is 97.1 cm³/mol. The van der Waals surface area contributed by atoms with Crippen LogP contribution < -0.4 is 5.32 Å². The normalized spacial score (nSPS) is 11.3. The number of aromatic carboxylic acids is 1. The second kappa shape index (κ2) is 8.24. The molecule has 0 aliphatic rings. The first kappa shape index (κ1) is 19.1. The topological polar surface area (TPSA) is 100 Å². The molecule has 0 aliphatic carbocycles. The summed E-state index contributed by atoms with van der Waals surface area (Å²) < 4.78 is 5.17. The maximum absolute atomic E-state index is 11.6. The summed E-state index contributed by atoms with van der Waals surface area (Å²) in [5.74, 6) is -0.982. The lowest BCUT2D eigenvalue weighted by atomic mass is 10.2. The van der Waals surface area contributed by atoms with Gasteiger partial charge in [-0.3, -0.25) is 0 Å². The van der Waals surface area contributed by atoms with Crippen LogP contribution in [0.2, 0.25) is 0 Å². The summed E-state index contributed by atoms with van der Waals surface area (Å²) in [7, 11) is 0. The minimum Gasteiger partial charge on any atom is -0.478 e. The highest BCUT2D eigenvalue weighted by Crippen LogP contribution is 2.19. The molecule has 136 valence electrons. The molecule has 0 fully saturated rings. The Morgan fingerprint density at radius 1 is 0.962 bits per heavy atom. The summed E-state index contributed by atoms with van der Waals surface area (Å²) in [4.78, 5) is 22.4.